The van der Waals surface area contributed by atoms with Gasteiger partial charge in [0.05, 0.1) is 11.4 Å². The lowest BCUT2D eigenvalue weighted by Gasteiger charge is -2.31. The molecule has 10 rings (SSSR count). The Kier molecular flexibility index (Phi) is 7.42. The smallest absolute Gasteiger partial charge is 0.0540 e. The summed E-state index contributed by atoms with van der Waals surface area (Å²) in [6, 6.07) is 69.1. The normalized spacial score (nSPS) is 12.9. The van der Waals surface area contributed by atoms with E-state index in [0.29, 0.717) is 0 Å². The van der Waals surface area contributed by atoms with Crippen molar-refractivity contribution in [3.63, 3.8) is 0 Å². The minimum Gasteiger partial charge on any atom is -0.309 e. The molecular formula is C51H37NS. The van der Waals surface area contributed by atoms with E-state index in [1.54, 1.807) is 0 Å². The number of rotatable bonds is 6. The van der Waals surface area contributed by atoms with Gasteiger partial charge in [-0.05, 0) is 80.9 Å². The molecule has 0 spiro atoms. The number of fused-ring (bicyclic) bond motifs is 6. The van der Waals surface area contributed by atoms with Crippen LogP contribution in [0.4, 0.5) is 17.1 Å². The summed E-state index contributed by atoms with van der Waals surface area (Å²) in [5.41, 5.74) is 16.0. The van der Waals surface area contributed by atoms with Gasteiger partial charge in [0.1, 0.15) is 0 Å². The summed E-state index contributed by atoms with van der Waals surface area (Å²) in [6.45, 7) is 4.71. The third-order valence-corrected chi connectivity index (χ3v) is 12.2. The first-order valence-electron chi connectivity index (χ1n) is 18.4. The Hall–Kier alpha value is -6.22. The van der Waals surface area contributed by atoms with Gasteiger partial charge in [-0.2, -0.15) is 0 Å². The molecule has 1 aliphatic carbocycles. The molecule has 0 atom stereocenters. The Morgan fingerprint density at radius 2 is 0.943 bits per heavy atom. The highest BCUT2D eigenvalue weighted by molar-refractivity contribution is 7.25. The highest BCUT2D eigenvalue weighted by atomic mass is 32.1. The summed E-state index contributed by atoms with van der Waals surface area (Å²) in [7, 11) is 0. The second-order valence-electron chi connectivity index (χ2n) is 14.5. The zero-order chi connectivity index (χ0) is 35.5. The minimum atomic E-state index is -0.0740. The van der Waals surface area contributed by atoms with Crippen LogP contribution in [0.5, 0.6) is 0 Å². The Morgan fingerprint density at radius 1 is 0.396 bits per heavy atom. The fraction of sp³-hybridized carbons (Fsp3) is 0.0588. The zero-order valence-corrected chi connectivity index (χ0v) is 30.6. The maximum absolute atomic E-state index is 2.51. The van der Waals surface area contributed by atoms with Crippen LogP contribution in [-0.4, -0.2) is 0 Å². The average Bonchev–Trinajstić information content (AvgIpc) is 3.71. The van der Waals surface area contributed by atoms with Crippen molar-refractivity contribution in [2.75, 3.05) is 4.90 Å². The van der Waals surface area contributed by atoms with Crippen molar-refractivity contribution in [2.45, 2.75) is 19.3 Å². The number of hydrogen-bond donors (Lipinski definition) is 0. The predicted molar refractivity (Wildman–Crippen MR) is 228 cm³/mol. The summed E-state index contributed by atoms with van der Waals surface area (Å²) >= 11 is 1.87. The summed E-state index contributed by atoms with van der Waals surface area (Å²) in [5.74, 6) is 0. The van der Waals surface area contributed by atoms with Crippen LogP contribution in [0.15, 0.2) is 188 Å². The van der Waals surface area contributed by atoms with Crippen molar-refractivity contribution in [3.8, 4) is 44.5 Å². The highest BCUT2D eigenvalue weighted by Gasteiger charge is 2.36. The monoisotopic (exact) mass is 695 g/mol. The van der Waals surface area contributed by atoms with Gasteiger partial charge >= 0.3 is 0 Å². The van der Waals surface area contributed by atoms with E-state index in [2.05, 4.69) is 207 Å². The van der Waals surface area contributed by atoms with E-state index in [1.165, 1.54) is 75.8 Å². The lowest BCUT2D eigenvalue weighted by Crippen LogP contribution is -2.16. The molecule has 0 unspecified atom stereocenters. The van der Waals surface area contributed by atoms with Crippen LogP contribution in [0.25, 0.3) is 64.7 Å². The van der Waals surface area contributed by atoms with E-state index in [0.717, 1.165) is 17.1 Å². The average molecular weight is 696 g/mol. The molecule has 0 aliphatic heterocycles. The number of anilines is 3. The van der Waals surface area contributed by atoms with Gasteiger partial charge in [-0.15, -0.1) is 11.3 Å². The summed E-state index contributed by atoms with van der Waals surface area (Å²) in [6.07, 6.45) is 0. The van der Waals surface area contributed by atoms with Crippen molar-refractivity contribution >= 4 is 48.6 Å². The van der Waals surface area contributed by atoms with Gasteiger partial charge in [0.15, 0.2) is 0 Å². The standard InChI is InChI=1S/C51H37NS/c1-51(2)44-26-12-8-21-38(44)43-33-35(31-32-45(43)51)52(46-27-13-9-22-39(46)37-20-7-6-19-36(37)34-17-4-3-5-18-34)47-28-14-10-23-40(47)41-25-16-30-49-50(41)42-24-11-15-29-48(42)53-49/h3-33H,1-2H3. The molecule has 252 valence electrons. The molecule has 2 heteroatoms. The van der Waals surface area contributed by atoms with Gasteiger partial charge in [-0.3, -0.25) is 0 Å². The molecule has 53 heavy (non-hydrogen) atoms. The van der Waals surface area contributed by atoms with E-state index in [9.17, 15) is 0 Å². The van der Waals surface area contributed by atoms with E-state index >= 15 is 0 Å². The van der Waals surface area contributed by atoms with Crippen LogP contribution >= 0.6 is 11.3 Å². The lowest BCUT2D eigenvalue weighted by atomic mass is 9.82. The molecule has 9 aromatic rings. The topological polar surface area (TPSA) is 3.24 Å². The number of benzene rings is 8. The van der Waals surface area contributed by atoms with Crippen LogP contribution in [0.2, 0.25) is 0 Å². The van der Waals surface area contributed by atoms with E-state index in [1.807, 2.05) is 11.3 Å². The van der Waals surface area contributed by atoms with E-state index in [4.69, 9.17) is 0 Å². The fourth-order valence-corrected chi connectivity index (χ4v) is 9.77. The Bertz CT molecular complexity index is 2820. The lowest BCUT2D eigenvalue weighted by molar-refractivity contribution is 0.660. The molecule has 0 amide bonds. The number of thiophene rings is 1. The maximum atomic E-state index is 2.51. The molecular weight excluding hydrogens is 659 g/mol. The molecule has 0 saturated heterocycles. The second kappa shape index (κ2) is 12.5. The maximum Gasteiger partial charge on any atom is 0.0540 e. The molecule has 1 heterocycles. The van der Waals surface area contributed by atoms with Crippen LogP contribution in [0, 0.1) is 0 Å². The number of hydrogen-bond acceptors (Lipinski definition) is 2. The molecule has 0 radical (unpaired) electrons. The Morgan fingerprint density at radius 3 is 1.72 bits per heavy atom. The largest absolute Gasteiger partial charge is 0.309 e. The van der Waals surface area contributed by atoms with Gasteiger partial charge in [0.2, 0.25) is 0 Å². The highest BCUT2D eigenvalue weighted by Crippen LogP contribution is 2.53. The summed E-state index contributed by atoms with van der Waals surface area (Å²) < 4.78 is 2.62. The molecule has 1 nitrogen and oxygen atoms in total. The summed E-state index contributed by atoms with van der Waals surface area (Å²) in [4.78, 5) is 2.51. The van der Waals surface area contributed by atoms with Crippen molar-refractivity contribution < 1.29 is 0 Å². The molecule has 1 aromatic heterocycles. The van der Waals surface area contributed by atoms with Crippen LogP contribution in [0.1, 0.15) is 25.0 Å². The number of para-hydroxylation sites is 2. The molecule has 1 aliphatic rings. The Labute approximate surface area is 315 Å². The first-order valence-corrected chi connectivity index (χ1v) is 19.2. The predicted octanol–water partition coefficient (Wildman–Crippen LogP) is 14.8. The van der Waals surface area contributed by atoms with Crippen LogP contribution < -0.4 is 4.90 Å². The van der Waals surface area contributed by atoms with Crippen molar-refractivity contribution in [2.24, 2.45) is 0 Å². The zero-order valence-electron chi connectivity index (χ0n) is 29.8. The van der Waals surface area contributed by atoms with Gasteiger partial charge in [0.25, 0.3) is 0 Å². The van der Waals surface area contributed by atoms with Gasteiger partial charge in [-0.25, -0.2) is 0 Å². The van der Waals surface area contributed by atoms with Crippen LogP contribution in [0.3, 0.4) is 0 Å². The van der Waals surface area contributed by atoms with Gasteiger partial charge < -0.3 is 4.90 Å². The third-order valence-electron chi connectivity index (χ3n) is 11.1. The van der Waals surface area contributed by atoms with E-state index < -0.39 is 0 Å². The molecule has 0 saturated carbocycles. The summed E-state index contributed by atoms with van der Waals surface area (Å²) in [5, 5.41) is 2.62. The van der Waals surface area contributed by atoms with Gasteiger partial charge in [-0.1, -0.05) is 166 Å². The van der Waals surface area contributed by atoms with Crippen LogP contribution in [-0.2, 0) is 5.41 Å². The SMILES string of the molecule is CC1(C)c2ccccc2-c2cc(N(c3ccccc3-c3ccccc3-c3ccccc3)c3ccccc3-c3cccc4sc5ccccc5c34)ccc21. The molecule has 0 bridgehead atoms. The van der Waals surface area contributed by atoms with Crippen molar-refractivity contribution in [1.29, 1.82) is 0 Å². The molecule has 0 N–H and O–H groups in total. The Balaban J connectivity index is 1.26. The fourth-order valence-electron chi connectivity index (χ4n) is 8.63. The van der Waals surface area contributed by atoms with Crippen molar-refractivity contribution in [1.82, 2.24) is 0 Å². The quantitative estimate of drug-likeness (QED) is 0.167. The second-order valence-corrected chi connectivity index (χ2v) is 15.5. The molecule has 8 aromatic carbocycles. The van der Waals surface area contributed by atoms with Crippen molar-refractivity contribution in [3.05, 3.63) is 199 Å². The molecule has 0 fully saturated rings. The first kappa shape index (κ1) is 31.5. The minimum absolute atomic E-state index is 0.0740. The van der Waals surface area contributed by atoms with Gasteiger partial charge in [0, 0.05) is 42.4 Å². The first-order chi connectivity index (χ1) is 26.1. The van der Waals surface area contributed by atoms with E-state index in [-0.39, 0.29) is 5.41 Å². The third kappa shape index (κ3) is 5.05. The number of nitrogens with zero attached hydrogens (tertiary/aromatic N) is 1.